The number of aliphatic hydroxyl groups is 1. The number of hydrogen-bond acceptors (Lipinski definition) is 6. The lowest BCUT2D eigenvalue weighted by molar-refractivity contribution is -0.539. The Labute approximate surface area is 209 Å². The van der Waals surface area contributed by atoms with E-state index in [1.165, 1.54) is 71.2 Å². The number of carboxylic acid groups (broad SMARTS) is 1. The molecule has 13 heteroatoms. The summed E-state index contributed by atoms with van der Waals surface area (Å²) in [7, 11) is 2.78. The van der Waals surface area contributed by atoms with E-state index in [2.05, 4.69) is 4.99 Å². The second kappa shape index (κ2) is 9.65. The number of amidine groups is 1. The minimum absolute atomic E-state index is 0.0173. The molecule has 2 aliphatic heterocycles. The number of hydrogen-bond donors (Lipinski definition) is 2. The van der Waals surface area contributed by atoms with E-state index in [0.29, 0.717) is 0 Å². The Kier molecular flexibility index (Phi) is 6.74. The molecule has 0 aromatic heterocycles. The standard InChI is InChI=1S/C24H22F3N5O5/c1-29-20-19(21(34)30(2)23(29)37)31(13-28-20)11-16(33)12-32(18-9-4-3-8-17(18)22(35)36)15-7-5-6-14(10-15)24(25,26)27/h3-10,13,16,19,33H,11-12H2,1-2H3/p+1. The predicted molar refractivity (Wildman–Crippen MR) is 126 cm³/mol. The molecule has 37 heavy (non-hydrogen) atoms. The molecule has 0 spiro atoms. The summed E-state index contributed by atoms with van der Waals surface area (Å²) in [5, 5.41) is 20.7. The molecule has 2 aliphatic rings. The van der Waals surface area contributed by atoms with Crippen LogP contribution in [0.25, 0.3) is 0 Å². The van der Waals surface area contributed by atoms with Gasteiger partial charge in [0.1, 0.15) is 12.6 Å². The van der Waals surface area contributed by atoms with Crippen LogP contribution in [0.5, 0.6) is 0 Å². The van der Waals surface area contributed by atoms with Crippen molar-refractivity contribution < 1.29 is 42.3 Å². The molecule has 2 heterocycles. The minimum Gasteiger partial charge on any atom is -0.478 e. The summed E-state index contributed by atoms with van der Waals surface area (Å²) in [5.41, 5.74) is -1.01. The average molecular weight is 518 g/mol. The summed E-state index contributed by atoms with van der Waals surface area (Å²) < 4.78 is 41.7. The van der Waals surface area contributed by atoms with Crippen molar-refractivity contribution in [2.24, 2.45) is 4.99 Å². The number of likely N-dealkylation sites (N-methyl/N-ethyl adjacent to an activating group) is 2. The van der Waals surface area contributed by atoms with Gasteiger partial charge in [-0.2, -0.15) is 13.2 Å². The maximum Gasteiger partial charge on any atom is 0.416 e. The Bertz CT molecular complexity index is 1330. The van der Waals surface area contributed by atoms with Crippen LogP contribution in [-0.2, 0) is 11.0 Å². The second-order valence-corrected chi connectivity index (χ2v) is 8.58. The van der Waals surface area contributed by atoms with Crippen molar-refractivity contribution in [2.75, 3.05) is 32.1 Å². The Balaban J connectivity index is 1.65. The molecule has 0 radical (unpaired) electrons. The first-order valence-electron chi connectivity index (χ1n) is 11.1. The molecule has 2 atom stereocenters. The number of para-hydroxylation sites is 1. The van der Waals surface area contributed by atoms with Gasteiger partial charge in [-0.15, -0.1) is 0 Å². The van der Waals surface area contributed by atoms with Crippen molar-refractivity contribution >= 4 is 41.5 Å². The van der Waals surface area contributed by atoms with Crippen molar-refractivity contribution in [3.63, 3.8) is 0 Å². The summed E-state index contributed by atoms with van der Waals surface area (Å²) in [6.45, 7) is -0.485. The topological polar surface area (TPSA) is 117 Å². The van der Waals surface area contributed by atoms with Crippen LogP contribution in [0.15, 0.2) is 53.5 Å². The number of aromatic carboxylic acids is 1. The Morgan fingerprint density at radius 3 is 2.51 bits per heavy atom. The summed E-state index contributed by atoms with van der Waals surface area (Å²) in [4.78, 5) is 44.3. The number of alkyl halides is 3. The number of fused-ring (bicyclic) bond motifs is 1. The van der Waals surface area contributed by atoms with Crippen molar-refractivity contribution in [3.8, 4) is 0 Å². The third-order valence-corrected chi connectivity index (χ3v) is 6.12. The number of rotatable bonds is 7. The van der Waals surface area contributed by atoms with Crippen LogP contribution < -0.4 is 4.90 Å². The zero-order chi connectivity index (χ0) is 27.1. The van der Waals surface area contributed by atoms with Crippen LogP contribution in [0.3, 0.4) is 0 Å². The van der Waals surface area contributed by atoms with Crippen LogP contribution >= 0.6 is 0 Å². The van der Waals surface area contributed by atoms with Gasteiger partial charge in [0.25, 0.3) is 24.1 Å². The number of β-amino-alcohol motifs (C(OH)–C–C–N with tert-alkyl or cyclic N) is 1. The van der Waals surface area contributed by atoms with Crippen LogP contribution in [-0.4, -0.2) is 94.0 Å². The molecule has 3 amide bonds. The third-order valence-electron chi connectivity index (χ3n) is 6.12. The number of carbonyl (C=O) groups is 3. The second-order valence-electron chi connectivity index (χ2n) is 8.58. The fraction of sp³-hybridized carbons (Fsp3) is 0.292. The Morgan fingerprint density at radius 2 is 1.84 bits per heavy atom. The third kappa shape index (κ3) is 4.89. The summed E-state index contributed by atoms with van der Waals surface area (Å²) in [6.07, 6.45) is -4.60. The monoisotopic (exact) mass is 518 g/mol. The maximum atomic E-state index is 13.4. The first-order chi connectivity index (χ1) is 17.4. The molecular weight excluding hydrogens is 495 g/mol. The van der Waals surface area contributed by atoms with Gasteiger partial charge in [-0.25, -0.2) is 14.2 Å². The number of urea groups is 1. The van der Waals surface area contributed by atoms with Crippen LogP contribution in [0.4, 0.5) is 29.3 Å². The first-order valence-corrected chi connectivity index (χ1v) is 11.1. The van der Waals surface area contributed by atoms with Gasteiger partial charge in [-0.3, -0.25) is 14.6 Å². The molecule has 2 unspecified atom stereocenters. The number of aliphatic hydroxyl groups excluding tert-OH is 1. The lowest BCUT2D eigenvalue weighted by Gasteiger charge is -2.32. The molecule has 4 rings (SSSR count). The number of nitrogens with zero attached hydrogens (tertiary/aromatic N) is 5. The lowest BCUT2D eigenvalue weighted by Crippen LogP contribution is -2.62. The molecule has 0 aliphatic carbocycles. The van der Waals surface area contributed by atoms with E-state index in [4.69, 9.17) is 0 Å². The van der Waals surface area contributed by atoms with Crippen molar-refractivity contribution in [2.45, 2.75) is 18.3 Å². The Morgan fingerprint density at radius 1 is 1.14 bits per heavy atom. The maximum absolute atomic E-state index is 13.4. The quantitative estimate of drug-likeness (QED) is 0.544. The molecule has 194 valence electrons. The smallest absolute Gasteiger partial charge is 0.416 e. The van der Waals surface area contributed by atoms with E-state index in [0.717, 1.165) is 17.0 Å². The molecule has 1 saturated heterocycles. The fourth-order valence-corrected chi connectivity index (χ4v) is 4.29. The van der Waals surface area contributed by atoms with E-state index in [1.54, 1.807) is 0 Å². The van der Waals surface area contributed by atoms with E-state index in [1.807, 2.05) is 0 Å². The van der Waals surface area contributed by atoms with Gasteiger partial charge in [0.05, 0.1) is 23.4 Å². The summed E-state index contributed by atoms with van der Waals surface area (Å²) in [5.74, 6) is -1.66. The number of anilines is 2. The van der Waals surface area contributed by atoms with Crippen molar-refractivity contribution in [1.29, 1.82) is 0 Å². The fourth-order valence-electron chi connectivity index (χ4n) is 4.29. The highest BCUT2D eigenvalue weighted by atomic mass is 19.4. The Hall–Kier alpha value is -4.26. The highest BCUT2D eigenvalue weighted by Gasteiger charge is 2.50. The van der Waals surface area contributed by atoms with Gasteiger partial charge in [-0.05, 0) is 35.3 Å². The average Bonchev–Trinajstić information content (AvgIpc) is 3.27. The molecule has 0 bridgehead atoms. The van der Waals surface area contributed by atoms with E-state index in [9.17, 15) is 37.8 Å². The molecule has 2 aromatic rings. The highest BCUT2D eigenvalue weighted by molar-refractivity contribution is 6.21. The van der Waals surface area contributed by atoms with E-state index < -0.39 is 41.8 Å². The van der Waals surface area contributed by atoms with E-state index >= 15 is 0 Å². The molecular formula is C24H23F3N5O5+. The number of aliphatic imine (C=N–C) groups is 1. The van der Waals surface area contributed by atoms with Gasteiger partial charge in [0.15, 0.2) is 0 Å². The van der Waals surface area contributed by atoms with E-state index in [-0.39, 0.29) is 35.9 Å². The largest absolute Gasteiger partial charge is 0.478 e. The number of imide groups is 1. The number of benzene rings is 2. The molecule has 2 N–H and O–H groups in total. The summed E-state index contributed by atoms with van der Waals surface area (Å²) in [6, 6.07) is 8.57. The number of amides is 3. The predicted octanol–water partition coefficient (Wildman–Crippen LogP) is 2.25. The zero-order valence-electron chi connectivity index (χ0n) is 19.8. The normalized spacial score (nSPS) is 18.4. The number of carboxylic acids is 1. The summed E-state index contributed by atoms with van der Waals surface area (Å²) >= 11 is 0. The molecule has 1 fully saturated rings. The van der Waals surface area contributed by atoms with Crippen LogP contribution in [0.1, 0.15) is 15.9 Å². The van der Waals surface area contributed by atoms with Gasteiger partial charge >= 0.3 is 18.2 Å². The molecule has 2 aromatic carbocycles. The van der Waals surface area contributed by atoms with Crippen molar-refractivity contribution in [1.82, 2.24) is 9.80 Å². The van der Waals surface area contributed by atoms with Gasteiger partial charge in [-0.1, -0.05) is 18.2 Å². The number of halogens is 3. The minimum atomic E-state index is -4.64. The molecule has 0 saturated carbocycles. The van der Waals surface area contributed by atoms with Gasteiger partial charge in [0.2, 0.25) is 0 Å². The van der Waals surface area contributed by atoms with Crippen LogP contribution in [0.2, 0.25) is 0 Å². The lowest BCUT2D eigenvalue weighted by atomic mass is 10.1. The first kappa shape index (κ1) is 25.8. The van der Waals surface area contributed by atoms with Gasteiger partial charge < -0.3 is 15.1 Å². The SMILES string of the molecule is CN1C(=O)C2C(=NC=[N+]2CC(O)CN(c2cccc(C(F)(F)F)c2)c2ccccc2C(=O)O)N(C)C1=O. The van der Waals surface area contributed by atoms with Gasteiger partial charge in [0, 0.05) is 19.8 Å². The van der Waals surface area contributed by atoms with Crippen molar-refractivity contribution in [3.05, 3.63) is 59.7 Å². The molecule has 10 nitrogen and oxygen atoms in total. The number of carbonyl (C=O) groups excluding carboxylic acids is 2. The highest BCUT2D eigenvalue weighted by Crippen LogP contribution is 2.35. The van der Waals surface area contributed by atoms with Crippen LogP contribution in [0, 0.1) is 0 Å². The zero-order valence-corrected chi connectivity index (χ0v) is 19.8.